The van der Waals surface area contributed by atoms with Crippen LogP contribution in [0.15, 0.2) is 0 Å². The van der Waals surface area contributed by atoms with Crippen LogP contribution in [0.2, 0.25) is 0 Å². The van der Waals surface area contributed by atoms with Gasteiger partial charge in [-0.1, -0.05) is 0 Å². The highest BCUT2D eigenvalue weighted by Gasteiger charge is 2.57. The molecule has 0 bridgehead atoms. The minimum atomic E-state index is -0.466. The molecule has 116 valence electrons. The number of nitrogens with one attached hydrogen (secondary N) is 1. The minimum Gasteiger partial charge on any atom is -0.469 e. The first kappa shape index (κ1) is 17.2. The molecule has 1 heterocycles. The van der Waals surface area contributed by atoms with Gasteiger partial charge in [0.1, 0.15) is 5.60 Å². The van der Waals surface area contributed by atoms with Crippen LogP contribution in [0.25, 0.3) is 0 Å². The van der Waals surface area contributed by atoms with Gasteiger partial charge in [-0.15, -0.1) is 12.4 Å². The summed E-state index contributed by atoms with van der Waals surface area (Å²) >= 11 is 0. The summed E-state index contributed by atoms with van der Waals surface area (Å²) in [6.45, 7) is 7.04. The highest BCUT2D eigenvalue weighted by Crippen LogP contribution is 2.53. The highest BCUT2D eigenvalue weighted by atomic mass is 35.5. The molecule has 6 heteroatoms. The second-order valence-corrected chi connectivity index (χ2v) is 6.71. The molecule has 1 aliphatic heterocycles. The second-order valence-electron chi connectivity index (χ2n) is 6.71. The van der Waals surface area contributed by atoms with Gasteiger partial charge in [0.25, 0.3) is 0 Å². The Labute approximate surface area is 126 Å². The molecular formula is C14H24ClNO4. The summed E-state index contributed by atoms with van der Waals surface area (Å²) in [5, 5.41) is 3.26. The van der Waals surface area contributed by atoms with E-state index in [0.29, 0.717) is 6.54 Å². The fourth-order valence-electron chi connectivity index (χ4n) is 3.20. The molecule has 2 aliphatic rings. The zero-order valence-corrected chi connectivity index (χ0v) is 13.3. The van der Waals surface area contributed by atoms with Gasteiger partial charge in [0.2, 0.25) is 0 Å². The Morgan fingerprint density at radius 2 is 1.80 bits per heavy atom. The highest BCUT2D eigenvalue weighted by molar-refractivity contribution is 5.85. The maximum Gasteiger partial charge on any atom is 0.311 e. The number of carbonyl (C=O) groups excluding carboxylic acids is 2. The summed E-state index contributed by atoms with van der Waals surface area (Å²) in [4.78, 5) is 23.7. The van der Waals surface area contributed by atoms with Crippen molar-refractivity contribution < 1.29 is 19.1 Å². The van der Waals surface area contributed by atoms with Crippen molar-refractivity contribution in [1.82, 2.24) is 5.32 Å². The van der Waals surface area contributed by atoms with Crippen LogP contribution in [0.4, 0.5) is 0 Å². The predicted molar refractivity (Wildman–Crippen MR) is 76.6 cm³/mol. The lowest BCUT2D eigenvalue weighted by atomic mass is 9.57. The van der Waals surface area contributed by atoms with Crippen molar-refractivity contribution in [3.05, 3.63) is 0 Å². The van der Waals surface area contributed by atoms with Crippen molar-refractivity contribution in [1.29, 1.82) is 0 Å². The molecule has 1 aliphatic carbocycles. The Balaban J connectivity index is 0.00000200. The van der Waals surface area contributed by atoms with Gasteiger partial charge in [-0.2, -0.15) is 0 Å². The van der Waals surface area contributed by atoms with E-state index in [4.69, 9.17) is 9.47 Å². The fraction of sp³-hybridized carbons (Fsp3) is 0.857. The van der Waals surface area contributed by atoms with Gasteiger partial charge in [0.05, 0.1) is 18.9 Å². The number of ether oxygens (including phenoxy) is 2. The Kier molecular flexibility index (Phi) is 5.08. The van der Waals surface area contributed by atoms with Gasteiger partial charge >= 0.3 is 11.9 Å². The van der Waals surface area contributed by atoms with Gasteiger partial charge < -0.3 is 14.8 Å². The van der Waals surface area contributed by atoms with Crippen LogP contribution in [0.5, 0.6) is 0 Å². The zero-order valence-electron chi connectivity index (χ0n) is 12.5. The van der Waals surface area contributed by atoms with E-state index in [1.807, 2.05) is 20.8 Å². The maximum atomic E-state index is 12.2. The maximum absolute atomic E-state index is 12.2. The van der Waals surface area contributed by atoms with Gasteiger partial charge in [0.15, 0.2) is 0 Å². The third-order valence-corrected chi connectivity index (χ3v) is 4.10. The Morgan fingerprint density at radius 3 is 2.30 bits per heavy atom. The van der Waals surface area contributed by atoms with Gasteiger partial charge in [-0.25, -0.2) is 0 Å². The molecule has 1 N–H and O–H groups in total. The number of carbonyl (C=O) groups is 2. The first-order valence-corrected chi connectivity index (χ1v) is 6.79. The van der Waals surface area contributed by atoms with Crippen molar-refractivity contribution in [3.8, 4) is 0 Å². The normalized spacial score (nSPS) is 32.2. The Bertz CT molecular complexity index is 385. The summed E-state index contributed by atoms with van der Waals surface area (Å²) < 4.78 is 10.2. The van der Waals surface area contributed by atoms with Crippen LogP contribution >= 0.6 is 12.4 Å². The van der Waals surface area contributed by atoms with Crippen LogP contribution in [-0.2, 0) is 19.1 Å². The fourth-order valence-corrected chi connectivity index (χ4v) is 3.20. The summed E-state index contributed by atoms with van der Waals surface area (Å²) in [5.74, 6) is -0.524. The van der Waals surface area contributed by atoms with Crippen molar-refractivity contribution in [3.63, 3.8) is 0 Å². The van der Waals surface area contributed by atoms with Crippen LogP contribution in [-0.4, -0.2) is 37.7 Å². The van der Waals surface area contributed by atoms with E-state index < -0.39 is 5.60 Å². The minimum absolute atomic E-state index is 0. The van der Waals surface area contributed by atoms with Gasteiger partial charge in [-0.3, -0.25) is 9.59 Å². The van der Waals surface area contributed by atoms with Gasteiger partial charge in [0, 0.05) is 13.1 Å². The molecule has 1 atom stereocenters. The molecule has 1 spiro atoms. The molecule has 0 radical (unpaired) electrons. The summed E-state index contributed by atoms with van der Waals surface area (Å²) in [6, 6.07) is 0. The topological polar surface area (TPSA) is 64.6 Å². The molecule has 0 aromatic heterocycles. The lowest BCUT2D eigenvalue weighted by molar-refractivity contribution is -0.171. The Hall–Kier alpha value is -0.810. The number of hydrogen-bond donors (Lipinski definition) is 1. The van der Waals surface area contributed by atoms with Crippen LogP contribution in [0.3, 0.4) is 0 Å². The molecule has 0 aromatic carbocycles. The molecule has 5 nitrogen and oxygen atoms in total. The number of rotatable bonds is 2. The number of halogens is 1. The van der Waals surface area contributed by atoms with Crippen molar-refractivity contribution >= 4 is 24.3 Å². The summed E-state index contributed by atoms with van der Waals surface area (Å²) in [7, 11) is 1.41. The molecule has 1 saturated heterocycles. The van der Waals surface area contributed by atoms with E-state index in [-0.39, 0.29) is 41.6 Å². The molecule has 20 heavy (non-hydrogen) atoms. The van der Waals surface area contributed by atoms with Crippen molar-refractivity contribution in [2.24, 2.45) is 17.3 Å². The second kappa shape index (κ2) is 5.90. The van der Waals surface area contributed by atoms with E-state index in [1.54, 1.807) is 0 Å². The molecular weight excluding hydrogens is 282 g/mol. The average molecular weight is 306 g/mol. The molecule has 2 fully saturated rings. The van der Waals surface area contributed by atoms with E-state index in [2.05, 4.69) is 5.32 Å². The van der Waals surface area contributed by atoms with Crippen LogP contribution in [0.1, 0.15) is 33.6 Å². The van der Waals surface area contributed by atoms with E-state index >= 15 is 0 Å². The smallest absolute Gasteiger partial charge is 0.311 e. The largest absolute Gasteiger partial charge is 0.469 e. The third kappa shape index (κ3) is 3.26. The summed E-state index contributed by atoms with van der Waals surface area (Å²) in [5.41, 5.74) is -0.576. The van der Waals surface area contributed by atoms with E-state index in [1.165, 1.54) is 7.11 Å². The van der Waals surface area contributed by atoms with Crippen molar-refractivity contribution in [2.75, 3.05) is 20.2 Å². The van der Waals surface area contributed by atoms with Crippen LogP contribution in [0, 0.1) is 17.3 Å². The van der Waals surface area contributed by atoms with E-state index in [9.17, 15) is 9.59 Å². The quantitative estimate of drug-likeness (QED) is 0.784. The molecule has 0 aromatic rings. The molecule has 0 amide bonds. The standard InChI is InChI=1S/C14H23NO4.ClH/c1-13(2,3)19-12(17)10-7-15-8-14(10)5-9(6-14)11(16)18-4;/h9-10,15H,5-8H2,1-4H3;1H. The Morgan fingerprint density at radius 1 is 1.20 bits per heavy atom. The number of hydrogen-bond acceptors (Lipinski definition) is 5. The van der Waals surface area contributed by atoms with E-state index in [0.717, 1.165) is 19.4 Å². The van der Waals surface area contributed by atoms with Crippen molar-refractivity contribution in [2.45, 2.75) is 39.2 Å². The molecule has 1 saturated carbocycles. The molecule has 1 unspecified atom stereocenters. The first-order valence-electron chi connectivity index (χ1n) is 6.79. The number of methoxy groups -OCH3 is 1. The average Bonchev–Trinajstić information content (AvgIpc) is 2.67. The molecule has 2 rings (SSSR count). The lowest BCUT2D eigenvalue weighted by Gasteiger charge is -2.46. The van der Waals surface area contributed by atoms with Gasteiger partial charge in [-0.05, 0) is 39.0 Å². The lowest BCUT2D eigenvalue weighted by Crippen LogP contribution is -2.49. The first-order chi connectivity index (χ1) is 8.77. The number of esters is 2. The third-order valence-electron chi connectivity index (χ3n) is 4.10. The summed E-state index contributed by atoms with van der Waals surface area (Å²) in [6.07, 6.45) is 1.44. The van der Waals surface area contributed by atoms with Crippen LogP contribution < -0.4 is 5.32 Å². The predicted octanol–water partition coefficient (Wildman–Crippen LogP) is 1.54. The monoisotopic (exact) mass is 305 g/mol. The SMILES string of the molecule is COC(=O)C1CC2(CNCC2C(=O)OC(C)(C)C)C1.Cl. The zero-order chi connectivity index (χ0) is 14.3.